The van der Waals surface area contributed by atoms with Crippen molar-refractivity contribution in [3.63, 3.8) is 0 Å². The van der Waals surface area contributed by atoms with Crippen LogP contribution in [0.4, 0.5) is 0 Å². The number of allylic oxidation sites excluding steroid dienone is 1. The van der Waals surface area contributed by atoms with Crippen LogP contribution >= 0.6 is 0 Å². The number of carbonyl (C=O) groups is 2. The van der Waals surface area contributed by atoms with Gasteiger partial charge in [-0.2, -0.15) is 0 Å². The molecular formula is C27H44N4O2. The van der Waals surface area contributed by atoms with E-state index in [-0.39, 0.29) is 23.8 Å². The first-order valence-electron chi connectivity index (χ1n) is 11.7. The normalized spacial score (nSPS) is 15.5. The maximum absolute atomic E-state index is 13.7. The molecular weight excluding hydrogens is 412 g/mol. The van der Waals surface area contributed by atoms with Crippen molar-refractivity contribution in [1.29, 1.82) is 5.41 Å². The van der Waals surface area contributed by atoms with E-state index >= 15 is 0 Å². The summed E-state index contributed by atoms with van der Waals surface area (Å²) < 4.78 is 0. The van der Waals surface area contributed by atoms with Gasteiger partial charge in [0.15, 0.2) is 0 Å². The first-order valence-corrected chi connectivity index (χ1v) is 11.7. The Morgan fingerprint density at radius 1 is 1.03 bits per heavy atom. The zero-order valence-corrected chi connectivity index (χ0v) is 22.1. The van der Waals surface area contributed by atoms with E-state index in [9.17, 15) is 9.59 Å². The van der Waals surface area contributed by atoms with E-state index in [1.807, 2.05) is 91.8 Å². The van der Waals surface area contributed by atoms with Crippen molar-refractivity contribution in [2.75, 3.05) is 14.1 Å². The predicted octanol–water partition coefficient (Wildman–Crippen LogP) is 4.16. The molecule has 1 rings (SSSR count). The highest BCUT2D eigenvalue weighted by Gasteiger charge is 2.41. The first kappa shape index (κ1) is 28.6. The van der Waals surface area contributed by atoms with Crippen molar-refractivity contribution in [3.05, 3.63) is 47.5 Å². The number of likely N-dealkylation sites (N-methyl/N-ethyl adjacent to an activating group) is 2. The third kappa shape index (κ3) is 7.26. The van der Waals surface area contributed by atoms with Crippen LogP contribution in [0.25, 0.3) is 0 Å². The monoisotopic (exact) mass is 456 g/mol. The van der Waals surface area contributed by atoms with Gasteiger partial charge in [-0.05, 0) is 36.4 Å². The van der Waals surface area contributed by atoms with E-state index in [2.05, 4.69) is 10.6 Å². The second-order valence-electron chi connectivity index (χ2n) is 10.9. The average Bonchev–Trinajstić information content (AvgIpc) is 2.74. The van der Waals surface area contributed by atoms with Crippen LogP contribution in [0.2, 0.25) is 0 Å². The Morgan fingerprint density at radius 2 is 1.58 bits per heavy atom. The Kier molecular flexibility index (Phi) is 10.0. The van der Waals surface area contributed by atoms with Crippen LogP contribution in [-0.2, 0) is 15.0 Å². The summed E-state index contributed by atoms with van der Waals surface area (Å²) in [5, 5.41) is 13.7. The van der Waals surface area contributed by atoms with Crippen LogP contribution in [0.5, 0.6) is 0 Å². The van der Waals surface area contributed by atoms with Gasteiger partial charge in [0, 0.05) is 18.7 Å². The Bertz CT molecular complexity index is 837. The predicted molar refractivity (Wildman–Crippen MR) is 138 cm³/mol. The van der Waals surface area contributed by atoms with Gasteiger partial charge < -0.3 is 20.9 Å². The van der Waals surface area contributed by atoms with Crippen molar-refractivity contribution in [1.82, 2.24) is 15.5 Å². The van der Waals surface area contributed by atoms with Crippen molar-refractivity contribution in [2.24, 2.45) is 11.3 Å². The summed E-state index contributed by atoms with van der Waals surface area (Å²) >= 11 is 0. The van der Waals surface area contributed by atoms with E-state index in [1.165, 1.54) is 6.21 Å². The van der Waals surface area contributed by atoms with Gasteiger partial charge in [0.05, 0.1) is 12.1 Å². The van der Waals surface area contributed by atoms with E-state index in [0.29, 0.717) is 0 Å². The Balaban J connectivity index is 3.27. The first-order chi connectivity index (χ1) is 15.2. The SMILES string of the molecule is CNC(C(=O)NC(C(=O)N(C)C(/C=C(\C)C=N)C(C)C)C(C)(C)C)C(C)(C)c1ccccc1. The molecule has 6 nitrogen and oxygen atoms in total. The molecule has 1 aromatic rings. The average molecular weight is 457 g/mol. The molecule has 184 valence electrons. The Labute approximate surface area is 200 Å². The van der Waals surface area contributed by atoms with E-state index in [0.717, 1.165) is 11.1 Å². The van der Waals surface area contributed by atoms with Crippen LogP contribution < -0.4 is 10.6 Å². The fourth-order valence-electron chi connectivity index (χ4n) is 4.15. The molecule has 0 fully saturated rings. The Morgan fingerprint density at radius 3 is 2.00 bits per heavy atom. The van der Waals surface area contributed by atoms with E-state index in [1.54, 1.807) is 19.0 Å². The summed E-state index contributed by atoms with van der Waals surface area (Å²) in [6.07, 6.45) is 3.23. The molecule has 0 aliphatic carbocycles. The van der Waals surface area contributed by atoms with Crippen LogP contribution in [0.1, 0.15) is 61.0 Å². The molecule has 2 amide bonds. The zero-order valence-electron chi connectivity index (χ0n) is 22.1. The van der Waals surface area contributed by atoms with E-state index in [4.69, 9.17) is 5.41 Å². The second kappa shape index (κ2) is 11.6. The molecule has 3 N–H and O–H groups in total. The Hall–Kier alpha value is -2.47. The van der Waals surface area contributed by atoms with Gasteiger partial charge in [-0.15, -0.1) is 0 Å². The maximum atomic E-state index is 13.7. The molecule has 0 saturated carbocycles. The fourth-order valence-corrected chi connectivity index (χ4v) is 4.15. The molecule has 0 aliphatic rings. The number of nitrogens with zero attached hydrogens (tertiary/aromatic N) is 1. The van der Waals surface area contributed by atoms with Crippen molar-refractivity contribution >= 4 is 18.0 Å². The zero-order chi connectivity index (χ0) is 25.6. The largest absolute Gasteiger partial charge is 0.342 e. The highest BCUT2D eigenvalue weighted by molar-refractivity contribution is 5.91. The molecule has 0 heterocycles. The molecule has 0 spiro atoms. The fraction of sp³-hybridized carbons (Fsp3) is 0.593. The van der Waals surface area contributed by atoms with Crippen LogP contribution in [0.3, 0.4) is 0 Å². The van der Waals surface area contributed by atoms with Crippen LogP contribution in [0, 0.1) is 16.7 Å². The quantitative estimate of drug-likeness (QED) is 0.462. The molecule has 0 bridgehead atoms. The van der Waals surface area contributed by atoms with Gasteiger partial charge >= 0.3 is 0 Å². The van der Waals surface area contributed by atoms with Gasteiger partial charge in [0.25, 0.3) is 0 Å². The number of amides is 2. The minimum absolute atomic E-state index is 0.143. The second-order valence-corrected chi connectivity index (χ2v) is 10.9. The molecule has 0 aliphatic heterocycles. The third-order valence-electron chi connectivity index (χ3n) is 6.33. The van der Waals surface area contributed by atoms with Crippen molar-refractivity contribution in [3.8, 4) is 0 Å². The summed E-state index contributed by atoms with van der Waals surface area (Å²) in [5.74, 6) is -0.191. The molecule has 3 atom stereocenters. The number of carbonyl (C=O) groups excluding carboxylic acids is 2. The number of rotatable bonds is 10. The van der Waals surface area contributed by atoms with Gasteiger partial charge in [-0.25, -0.2) is 0 Å². The highest BCUT2D eigenvalue weighted by Crippen LogP contribution is 2.29. The molecule has 0 radical (unpaired) electrons. The maximum Gasteiger partial charge on any atom is 0.245 e. The molecule has 6 heteroatoms. The summed E-state index contributed by atoms with van der Waals surface area (Å²) in [7, 11) is 3.55. The number of hydrogen-bond donors (Lipinski definition) is 3. The van der Waals surface area contributed by atoms with Gasteiger partial charge in [-0.1, -0.05) is 84.9 Å². The van der Waals surface area contributed by atoms with Crippen LogP contribution in [0.15, 0.2) is 42.0 Å². The number of hydrogen-bond acceptors (Lipinski definition) is 4. The summed E-state index contributed by atoms with van der Waals surface area (Å²) in [6.45, 7) is 15.9. The number of benzene rings is 1. The minimum atomic E-state index is -0.702. The van der Waals surface area contributed by atoms with Crippen molar-refractivity contribution in [2.45, 2.75) is 78.9 Å². The van der Waals surface area contributed by atoms with E-state index < -0.39 is 22.9 Å². The molecule has 3 unspecified atom stereocenters. The standard InChI is InChI=1S/C27H44N4O2/c1-18(2)21(16-19(3)17-28)31(10)25(33)23(26(4,5)6)30-24(32)22(29-9)27(7,8)20-14-12-11-13-15-20/h11-18,21-23,28-29H,1-10H3,(H,30,32)/b19-16+,28-17?. The van der Waals surface area contributed by atoms with Crippen LogP contribution in [-0.4, -0.2) is 55.1 Å². The number of nitrogens with one attached hydrogen (secondary N) is 3. The summed E-state index contributed by atoms with van der Waals surface area (Å²) in [6, 6.07) is 8.52. The molecule has 1 aromatic carbocycles. The van der Waals surface area contributed by atoms with Gasteiger partial charge in [0.2, 0.25) is 11.8 Å². The van der Waals surface area contributed by atoms with Crippen molar-refractivity contribution < 1.29 is 9.59 Å². The lowest BCUT2D eigenvalue weighted by Crippen LogP contribution is -2.61. The lowest BCUT2D eigenvalue weighted by atomic mass is 9.76. The lowest BCUT2D eigenvalue weighted by molar-refractivity contribution is -0.140. The van der Waals surface area contributed by atoms with Gasteiger partial charge in [-0.3, -0.25) is 9.59 Å². The minimum Gasteiger partial charge on any atom is -0.342 e. The molecule has 33 heavy (non-hydrogen) atoms. The van der Waals surface area contributed by atoms with Gasteiger partial charge in [0.1, 0.15) is 6.04 Å². The topological polar surface area (TPSA) is 85.3 Å². The highest BCUT2D eigenvalue weighted by atomic mass is 16.2. The third-order valence-corrected chi connectivity index (χ3v) is 6.33. The smallest absolute Gasteiger partial charge is 0.245 e. The summed E-state index contributed by atoms with van der Waals surface area (Å²) in [5.41, 5.74) is 0.867. The molecule has 0 saturated heterocycles. The summed E-state index contributed by atoms with van der Waals surface area (Å²) in [4.78, 5) is 28.9. The lowest BCUT2D eigenvalue weighted by Gasteiger charge is -2.40. The molecule has 0 aromatic heterocycles.